The molecule has 0 saturated heterocycles. The number of ketones is 2. The van der Waals surface area contributed by atoms with E-state index in [1.54, 1.807) is 0 Å². The lowest BCUT2D eigenvalue weighted by molar-refractivity contribution is -0.120. The van der Waals surface area contributed by atoms with Crippen LogP contribution in [0.15, 0.2) is 0 Å². The molecule has 0 aromatic heterocycles. The van der Waals surface area contributed by atoms with E-state index in [1.165, 1.54) is 13.8 Å². The van der Waals surface area contributed by atoms with Gasteiger partial charge in [0.2, 0.25) is 0 Å². The van der Waals surface area contributed by atoms with Crippen molar-refractivity contribution in [1.82, 2.24) is 0 Å². The van der Waals surface area contributed by atoms with Crippen LogP contribution in [-0.2, 0) is 9.59 Å². The van der Waals surface area contributed by atoms with Crippen LogP contribution in [0.2, 0.25) is 0 Å². The van der Waals surface area contributed by atoms with Crippen molar-refractivity contribution in [3.8, 4) is 0 Å². The first-order valence-electron chi connectivity index (χ1n) is 3.00. The summed E-state index contributed by atoms with van der Waals surface area (Å²) in [5.41, 5.74) is 0. The normalized spacial score (nSPS) is 25.8. The van der Waals surface area contributed by atoms with Gasteiger partial charge in [-0.1, -0.05) is 0 Å². The highest BCUT2D eigenvalue weighted by molar-refractivity contribution is 6.02. The summed E-state index contributed by atoms with van der Waals surface area (Å²) in [4.78, 5) is 21.1. The second kappa shape index (κ2) is 1.94. The van der Waals surface area contributed by atoms with Crippen molar-refractivity contribution in [2.75, 3.05) is 0 Å². The summed E-state index contributed by atoms with van der Waals surface area (Å²) in [6, 6.07) is 0. The van der Waals surface area contributed by atoms with Crippen molar-refractivity contribution in [3.63, 3.8) is 0 Å². The van der Waals surface area contributed by atoms with Crippen molar-refractivity contribution in [1.29, 1.82) is 0 Å². The number of rotatable bonds is 2. The predicted molar refractivity (Wildman–Crippen MR) is 32.7 cm³/mol. The maximum Gasteiger partial charge on any atom is 0.137 e. The Bertz CT molecular complexity index is 142. The largest absolute Gasteiger partial charge is 0.300 e. The molecule has 1 unspecified atom stereocenters. The maximum atomic E-state index is 10.5. The summed E-state index contributed by atoms with van der Waals surface area (Å²) in [7, 11) is 0. The zero-order valence-electron chi connectivity index (χ0n) is 5.60. The SMILES string of the molecule is CC(=O)[C]1CC1C(C)=O. The average Bonchev–Trinajstić information content (AvgIpc) is 2.39. The van der Waals surface area contributed by atoms with Gasteiger partial charge in [-0.15, -0.1) is 0 Å². The molecule has 0 spiro atoms. The highest BCUT2D eigenvalue weighted by Crippen LogP contribution is 2.41. The van der Waals surface area contributed by atoms with Gasteiger partial charge in [0.25, 0.3) is 0 Å². The molecular weight excluding hydrogens is 116 g/mol. The fraction of sp³-hybridized carbons (Fsp3) is 0.571. The molecule has 1 aliphatic rings. The number of carbonyl (C=O) groups excluding carboxylic acids is 2. The Morgan fingerprint density at radius 3 is 2.11 bits per heavy atom. The third kappa shape index (κ3) is 1.18. The molecule has 1 atom stereocenters. The minimum Gasteiger partial charge on any atom is -0.300 e. The number of carbonyl (C=O) groups is 2. The lowest BCUT2D eigenvalue weighted by atomic mass is 10.2. The molecule has 1 rings (SSSR count). The average molecular weight is 125 g/mol. The summed E-state index contributed by atoms with van der Waals surface area (Å²) < 4.78 is 0. The van der Waals surface area contributed by atoms with Gasteiger partial charge >= 0.3 is 0 Å². The Balaban J connectivity index is 2.42. The lowest BCUT2D eigenvalue weighted by Crippen LogP contribution is -1.99. The molecule has 0 N–H and O–H groups in total. The number of Topliss-reactive ketones (excluding diaryl/α,β-unsaturated/α-hetero) is 2. The molecule has 1 saturated carbocycles. The second-order valence-corrected chi connectivity index (χ2v) is 2.45. The second-order valence-electron chi connectivity index (χ2n) is 2.45. The van der Waals surface area contributed by atoms with Crippen LogP contribution in [-0.4, -0.2) is 11.6 Å². The van der Waals surface area contributed by atoms with E-state index in [1.807, 2.05) is 0 Å². The van der Waals surface area contributed by atoms with Crippen molar-refractivity contribution in [2.45, 2.75) is 20.3 Å². The third-order valence-corrected chi connectivity index (χ3v) is 1.63. The molecule has 0 aromatic rings. The minimum atomic E-state index is -0.0116. The van der Waals surface area contributed by atoms with E-state index in [2.05, 4.69) is 0 Å². The van der Waals surface area contributed by atoms with Crippen molar-refractivity contribution < 1.29 is 9.59 Å². The summed E-state index contributed by atoms with van der Waals surface area (Å²) >= 11 is 0. The van der Waals surface area contributed by atoms with Gasteiger partial charge in [-0.25, -0.2) is 0 Å². The Morgan fingerprint density at radius 1 is 1.44 bits per heavy atom. The molecule has 2 heteroatoms. The van der Waals surface area contributed by atoms with Crippen molar-refractivity contribution in [2.24, 2.45) is 5.92 Å². The van der Waals surface area contributed by atoms with E-state index in [-0.39, 0.29) is 17.5 Å². The Morgan fingerprint density at radius 2 is 2.00 bits per heavy atom. The van der Waals surface area contributed by atoms with Crippen molar-refractivity contribution in [3.05, 3.63) is 5.92 Å². The maximum absolute atomic E-state index is 10.5. The molecule has 1 fully saturated rings. The zero-order valence-corrected chi connectivity index (χ0v) is 5.60. The molecule has 0 bridgehead atoms. The Kier molecular flexibility index (Phi) is 1.39. The Labute approximate surface area is 54.2 Å². The van der Waals surface area contributed by atoms with E-state index in [4.69, 9.17) is 0 Å². The molecular formula is C7H9O2. The van der Waals surface area contributed by atoms with E-state index in [0.29, 0.717) is 6.42 Å². The highest BCUT2D eigenvalue weighted by Gasteiger charge is 2.44. The number of hydrogen-bond acceptors (Lipinski definition) is 2. The van der Waals surface area contributed by atoms with E-state index >= 15 is 0 Å². The van der Waals surface area contributed by atoms with Gasteiger partial charge in [0.1, 0.15) is 11.6 Å². The van der Waals surface area contributed by atoms with Gasteiger partial charge in [-0.05, 0) is 20.3 Å². The summed E-state index contributed by atoms with van der Waals surface area (Å²) in [6.45, 7) is 3.04. The molecule has 0 amide bonds. The van der Waals surface area contributed by atoms with E-state index in [9.17, 15) is 9.59 Å². The molecule has 0 aliphatic heterocycles. The van der Waals surface area contributed by atoms with Crippen LogP contribution in [0.4, 0.5) is 0 Å². The van der Waals surface area contributed by atoms with Gasteiger partial charge in [0.15, 0.2) is 0 Å². The molecule has 1 aliphatic carbocycles. The lowest BCUT2D eigenvalue weighted by Gasteiger charge is -1.85. The van der Waals surface area contributed by atoms with Crippen molar-refractivity contribution >= 4 is 11.6 Å². The summed E-state index contributed by atoms with van der Waals surface area (Å²) in [5.74, 6) is 1.00. The first-order chi connectivity index (χ1) is 4.13. The van der Waals surface area contributed by atoms with Crippen LogP contribution in [0.3, 0.4) is 0 Å². The molecule has 1 radical (unpaired) electrons. The predicted octanol–water partition coefficient (Wildman–Crippen LogP) is 0.759. The fourth-order valence-corrected chi connectivity index (χ4v) is 0.939. The van der Waals surface area contributed by atoms with Gasteiger partial charge in [0, 0.05) is 5.92 Å². The van der Waals surface area contributed by atoms with Crippen LogP contribution in [0, 0.1) is 11.8 Å². The van der Waals surface area contributed by atoms with Crippen LogP contribution < -0.4 is 0 Å². The summed E-state index contributed by atoms with van der Waals surface area (Å²) in [6.07, 6.45) is 0.713. The Hall–Kier alpha value is -0.660. The van der Waals surface area contributed by atoms with E-state index < -0.39 is 0 Å². The van der Waals surface area contributed by atoms with Gasteiger partial charge in [0.05, 0.1) is 5.92 Å². The first-order valence-corrected chi connectivity index (χ1v) is 3.00. The van der Waals surface area contributed by atoms with E-state index in [0.717, 1.165) is 5.92 Å². The topological polar surface area (TPSA) is 34.1 Å². The van der Waals surface area contributed by atoms with Gasteiger partial charge < -0.3 is 0 Å². The fourth-order valence-electron chi connectivity index (χ4n) is 0.939. The van der Waals surface area contributed by atoms with Crippen LogP contribution in [0.25, 0.3) is 0 Å². The molecule has 2 nitrogen and oxygen atoms in total. The van der Waals surface area contributed by atoms with Crippen LogP contribution in [0.1, 0.15) is 20.3 Å². The van der Waals surface area contributed by atoms with Crippen LogP contribution >= 0.6 is 0 Å². The van der Waals surface area contributed by atoms with Gasteiger partial charge in [-0.2, -0.15) is 0 Å². The molecule has 49 valence electrons. The molecule has 0 aromatic carbocycles. The number of hydrogen-bond donors (Lipinski definition) is 0. The quantitative estimate of drug-likeness (QED) is 0.546. The summed E-state index contributed by atoms with van der Waals surface area (Å²) in [5, 5.41) is 0. The molecule has 0 heterocycles. The molecule has 9 heavy (non-hydrogen) atoms. The first kappa shape index (κ1) is 6.46. The third-order valence-electron chi connectivity index (χ3n) is 1.63. The highest BCUT2D eigenvalue weighted by atomic mass is 16.1. The minimum absolute atomic E-state index is 0.0116. The standard InChI is InChI=1S/C7H9O2/c1-4(8)6-3-7(6)5(2)9/h6H,3H2,1-2H3. The monoisotopic (exact) mass is 125 g/mol. The van der Waals surface area contributed by atoms with Crippen LogP contribution in [0.5, 0.6) is 0 Å². The zero-order chi connectivity index (χ0) is 7.02. The smallest absolute Gasteiger partial charge is 0.137 e. The van der Waals surface area contributed by atoms with Gasteiger partial charge in [-0.3, -0.25) is 9.59 Å².